The molecule has 0 saturated carbocycles. The molecular weight excluding hydrogens is 1720 g/mol. The summed E-state index contributed by atoms with van der Waals surface area (Å²) in [6.07, 6.45) is 11.1. The van der Waals surface area contributed by atoms with Crippen LogP contribution in [0.3, 0.4) is 0 Å². The Bertz CT molecular complexity index is 8530. The number of fused-ring (bicyclic) bond motifs is 10. The third kappa shape index (κ3) is 17.1. The number of pyridine rings is 5. The number of hydrogen-bond acceptors (Lipinski definition) is 5. The van der Waals surface area contributed by atoms with Crippen LogP contribution in [0.5, 0.6) is 0 Å². The van der Waals surface area contributed by atoms with E-state index in [9.17, 15) is 0 Å². The maximum Gasteiger partial charge on any atom is 0.296 e. The Balaban J connectivity index is 0.000000125. The second-order valence-electron chi connectivity index (χ2n) is 34.8. The average molecular weight is 1850 g/mol. The Morgan fingerprint density at radius 2 is 0.532 bits per heavy atom. The van der Waals surface area contributed by atoms with Gasteiger partial charge >= 0.3 is 0 Å². The zero-order valence-corrected chi connectivity index (χ0v) is 78.0. The first-order valence-electron chi connectivity index (χ1n) is 49.1. The van der Waals surface area contributed by atoms with Crippen molar-refractivity contribution in [1.82, 2.24) is 47.8 Å². The Morgan fingerprint density at radius 1 is 0.220 bits per heavy atom. The summed E-state index contributed by atoms with van der Waals surface area (Å²) in [7, 11) is 10.4. The predicted molar refractivity (Wildman–Crippen MR) is 586 cm³/mol. The second-order valence-corrected chi connectivity index (χ2v) is 34.8. The molecule has 10 heterocycles. The Kier molecular flexibility index (Phi) is 25.2. The summed E-state index contributed by atoms with van der Waals surface area (Å²) in [6, 6.07) is 128. The number of para-hydroxylation sites is 12. The van der Waals surface area contributed by atoms with Gasteiger partial charge < -0.3 is 0 Å². The lowest BCUT2D eigenvalue weighted by atomic mass is 10.1. The van der Waals surface area contributed by atoms with Crippen molar-refractivity contribution in [2.45, 2.75) is 78.0 Å². The van der Waals surface area contributed by atoms with Gasteiger partial charge in [0.25, 0.3) is 29.1 Å². The van der Waals surface area contributed by atoms with E-state index in [-0.39, 0.29) is 35.3 Å². The summed E-state index contributed by atoms with van der Waals surface area (Å²) in [5, 5.41) is 8.00. The molecule has 0 aliphatic heterocycles. The third-order valence-electron chi connectivity index (χ3n) is 26.6. The number of rotatable bonds is 10. The third-order valence-corrected chi connectivity index (χ3v) is 26.6. The molecule has 0 unspecified atom stereocenters. The molecule has 0 N–H and O–H groups in total. The van der Waals surface area contributed by atoms with Crippen LogP contribution in [0.15, 0.2) is 413 Å². The van der Waals surface area contributed by atoms with E-state index >= 15 is 0 Å². The van der Waals surface area contributed by atoms with Crippen molar-refractivity contribution < 1.29 is 31.1 Å². The molecule has 25 rings (SSSR count). The van der Waals surface area contributed by atoms with Gasteiger partial charge in [-0.1, -0.05) is 272 Å². The number of aromatic nitrogens is 15. The first kappa shape index (κ1) is 87.7. The molecule has 10 aromatic heterocycles. The van der Waals surface area contributed by atoms with Crippen molar-refractivity contribution in [3.8, 4) is 85.6 Å². The molecule has 0 saturated heterocycles. The largest absolute Gasteiger partial charge is 0.296 e. The fraction of sp³-hybridized carbons (Fsp3) is 0.127. The molecule has 0 amide bonds. The normalized spacial score (nSPS) is 11.8. The van der Waals surface area contributed by atoms with E-state index in [1.54, 1.807) is 12.4 Å². The van der Waals surface area contributed by atoms with Gasteiger partial charge in [-0.25, -0.2) is 32.8 Å². The minimum absolute atomic E-state index is 0. The quantitative estimate of drug-likeness (QED) is 0.127. The van der Waals surface area contributed by atoms with Crippen molar-refractivity contribution >= 4 is 109 Å². The zero-order chi connectivity index (χ0) is 98.6. The lowest BCUT2D eigenvalue weighted by Crippen LogP contribution is -2.30. The zero-order valence-electron chi connectivity index (χ0n) is 84.0. The van der Waals surface area contributed by atoms with E-state index in [4.69, 9.17) is 18.2 Å². The standard InChI is InChI=1S/2C25H22N3.3C24H20N3.4CH4/c1-17-10-4-6-12-20(17)25-27(3)22-14-8-9-15-23(22)28(25)24-18(2)21-13-7-5-11-19(21)16-26-24;1-17-10-4-5-11-19(17)25-27(3)22-14-8-9-15-23(22)28(25)24-16-26-21-13-7-6-12-20(21)18(24)2;1-17-9-3-5-11-19(17)24-26(2)21-13-7-8-14-22(21)27(24)23-16-25-15-18-10-4-6-12-20(18)23;1-17-9-3-5-11-19(17)24-26(2)21-13-7-8-14-22(21)27(24)23-20-12-6-4-10-18(20)15-16-25-23;1-17-9-3-4-10-18(17)24-26(2)22-13-7-8-14-23(22)27(24)21-15-16-25-20-12-6-5-11-19(20)21;;;;/h2*4-16H,1-3H3;3*3-16H,1-2H3;4*1H4/q5*+1;;;;/i2*2D3;;;;;;;. The van der Waals surface area contributed by atoms with Crippen LogP contribution in [0.2, 0.25) is 0 Å². The second kappa shape index (κ2) is 40.5. The first-order valence-corrected chi connectivity index (χ1v) is 46.1. The highest BCUT2D eigenvalue weighted by molar-refractivity contribution is 5.97. The van der Waals surface area contributed by atoms with Gasteiger partial charge in [0.05, 0.1) is 86.5 Å². The fourth-order valence-corrected chi connectivity index (χ4v) is 19.8. The van der Waals surface area contributed by atoms with Gasteiger partial charge in [0.15, 0.2) is 66.5 Å². The Hall–Kier alpha value is -17.3. The summed E-state index contributed by atoms with van der Waals surface area (Å²) in [4.78, 5) is 23.2. The number of nitrogens with zero attached hydrogens (tertiary/aromatic N) is 15. The monoisotopic (exact) mass is 1850 g/mol. The summed E-state index contributed by atoms with van der Waals surface area (Å²) >= 11 is 0. The highest BCUT2D eigenvalue weighted by Gasteiger charge is 2.35. The van der Waals surface area contributed by atoms with Crippen LogP contribution in [0, 0.1) is 48.3 Å². The van der Waals surface area contributed by atoms with E-state index in [1.165, 1.54) is 77.6 Å². The average Bonchev–Trinajstić information content (AvgIpc) is 1.59. The minimum atomic E-state index is -2.32. The summed E-state index contributed by atoms with van der Waals surface area (Å²) in [5.74, 6) is 6.68. The number of imidazole rings is 5. The van der Waals surface area contributed by atoms with Gasteiger partial charge in [-0.2, -0.15) is 22.8 Å². The van der Waals surface area contributed by atoms with Crippen LogP contribution in [-0.4, -0.2) is 47.8 Å². The van der Waals surface area contributed by atoms with E-state index in [1.807, 2.05) is 169 Å². The molecule has 15 aromatic carbocycles. The number of hydrogen-bond donors (Lipinski definition) is 0. The van der Waals surface area contributed by atoms with E-state index < -0.39 is 13.7 Å². The van der Waals surface area contributed by atoms with Gasteiger partial charge in [-0.3, -0.25) is 15.0 Å². The number of benzene rings is 15. The van der Waals surface area contributed by atoms with Crippen molar-refractivity contribution in [3.63, 3.8) is 0 Å². The Labute approximate surface area is 834 Å². The lowest BCUT2D eigenvalue weighted by molar-refractivity contribution is -0.634. The topological polar surface area (TPSA) is 108 Å². The minimum Gasteiger partial charge on any atom is -0.260 e. The van der Waals surface area contributed by atoms with E-state index in [0.29, 0.717) is 33.4 Å². The van der Waals surface area contributed by atoms with Crippen LogP contribution in [0.1, 0.15) is 76.9 Å². The molecule has 15 heteroatoms. The molecule has 15 nitrogen and oxygen atoms in total. The van der Waals surface area contributed by atoms with Crippen LogP contribution >= 0.6 is 0 Å². The molecule has 694 valence electrons. The smallest absolute Gasteiger partial charge is 0.260 e. The molecular formula is C126H120N15+5. The SMILES string of the molecule is C.C.C.C.Cc1ccccc1-c1n(-c2ccnc3ccccc23)c2ccccc2[n+]1C.Cc1ccccc1-c1n(-c2cncc3ccccc23)c2ccccc2[n+]1C.Cc1ccccc1-c1n(-c2nccc3ccccc23)c2ccccc2[n+]1C.[2H]C([2H])([2H])c1c(-n2c(-c3ccccc3C)[n+](C)c3ccccc32)cnc2ccccc12.[2H]C([2H])([2H])c1c(-n2c(-c3ccccc3C)[n+](C)c3ccccc32)ncc2ccccc12. The predicted octanol–water partition coefficient (Wildman–Crippen LogP) is 28.1. The molecule has 0 spiro atoms. The molecule has 141 heavy (non-hydrogen) atoms. The van der Waals surface area contributed by atoms with E-state index in [0.717, 1.165) is 117 Å². The Morgan fingerprint density at radius 3 is 0.965 bits per heavy atom. The first-order chi connectivity index (χ1) is 69.5. The molecule has 0 fully saturated rings. The number of aryl methyl sites for hydroxylation is 12. The van der Waals surface area contributed by atoms with Crippen molar-refractivity contribution in [2.75, 3.05) is 0 Å². The van der Waals surface area contributed by atoms with Gasteiger partial charge in [0, 0.05) is 82.5 Å². The summed E-state index contributed by atoms with van der Waals surface area (Å²) < 4.78 is 72.2. The lowest BCUT2D eigenvalue weighted by Gasteiger charge is -2.10. The summed E-state index contributed by atoms with van der Waals surface area (Å²) in [6.45, 7) is 6.01. The van der Waals surface area contributed by atoms with Crippen molar-refractivity contribution in [2.24, 2.45) is 35.2 Å². The molecule has 0 atom stereocenters. The van der Waals surface area contributed by atoms with Crippen LogP contribution < -0.4 is 22.8 Å². The molecule has 0 aliphatic carbocycles. The van der Waals surface area contributed by atoms with Crippen LogP contribution in [0.25, 0.3) is 195 Å². The molecule has 0 bridgehead atoms. The molecule has 0 radical (unpaired) electrons. The summed E-state index contributed by atoms with van der Waals surface area (Å²) in [5.41, 5.74) is 27.8. The van der Waals surface area contributed by atoms with Gasteiger partial charge in [0.1, 0.15) is 5.69 Å². The fourth-order valence-electron chi connectivity index (χ4n) is 19.8. The highest BCUT2D eigenvalue weighted by atomic mass is 15.2. The molecule has 0 aliphatic rings. The van der Waals surface area contributed by atoms with E-state index in [2.05, 4.69) is 362 Å². The van der Waals surface area contributed by atoms with Gasteiger partial charge in [-0.15, -0.1) is 0 Å². The van der Waals surface area contributed by atoms with Crippen LogP contribution in [-0.2, 0) is 35.2 Å². The van der Waals surface area contributed by atoms with Gasteiger partial charge in [-0.05, 0) is 214 Å². The highest BCUT2D eigenvalue weighted by Crippen LogP contribution is 2.40. The van der Waals surface area contributed by atoms with Crippen molar-refractivity contribution in [3.05, 3.63) is 452 Å². The van der Waals surface area contributed by atoms with Gasteiger partial charge in [0.2, 0.25) is 11.6 Å². The maximum absolute atomic E-state index is 8.36. The van der Waals surface area contributed by atoms with Crippen molar-refractivity contribution in [1.29, 1.82) is 0 Å². The molecule has 25 aromatic rings. The maximum atomic E-state index is 8.36. The van der Waals surface area contributed by atoms with Crippen LogP contribution in [0.4, 0.5) is 0 Å².